The fourth-order valence-corrected chi connectivity index (χ4v) is 1.22. The minimum Gasteiger partial charge on any atom is -0.387 e. The summed E-state index contributed by atoms with van der Waals surface area (Å²) in [4.78, 5) is 4.15. The fourth-order valence-electron chi connectivity index (χ4n) is 1.22. The fraction of sp³-hybridized carbons (Fsp3) is 0.556. The zero-order chi connectivity index (χ0) is 11.5. The van der Waals surface area contributed by atoms with Crippen molar-refractivity contribution in [3.8, 4) is 0 Å². The van der Waals surface area contributed by atoms with Crippen LogP contribution in [0.1, 0.15) is 37.4 Å². The lowest BCUT2D eigenvalue weighted by molar-refractivity contribution is 0.194. The largest absolute Gasteiger partial charge is 0.387 e. The van der Waals surface area contributed by atoms with Crippen LogP contribution in [0.25, 0.3) is 0 Å². The molecule has 2 aromatic heterocycles. The number of aromatic nitrogens is 5. The summed E-state index contributed by atoms with van der Waals surface area (Å²) in [6.07, 6.45) is 1.75. The smallest absolute Gasteiger partial charge is 0.226 e. The molecular weight excluding hydrogens is 210 g/mol. The monoisotopic (exact) mass is 223 g/mol. The molecule has 0 saturated heterocycles. The molecule has 7 nitrogen and oxygen atoms in total. The van der Waals surface area contributed by atoms with Gasteiger partial charge in [0.25, 0.3) is 0 Å². The zero-order valence-corrected chi connectivity index (χ0v) is 9.16. The van der Waals surface area contributed by atoms with Gasteiger partial charge in [-0.05, 0) is 6.92 Å². The average molecular weight is 223 g/mol. The first-order valence-electron chi connectivity index (χ1n) is 5.08. The molecule has 1 atom stereocenters. The van der Waals surface area contributed by atoms with E-state index >= 15 is 0 Å². The van der Waals surface area contributed by atoms with E-state index in [9.17, 15) is 5.11 Å². The molecule has 0 aliphatic rings. The molecule has 86 valence electrons. The van der Waals surface area contributed by atoms with Gasteiger partial charge < -0.3 is 9.63 Å². The Balaban J connectivity index is 2.08. The minimum absolute atomic E-state index is 0.392. The third kappa shape index (κ3) is 2.25. The predicted octanol–water partition coefficient (Wildman–Crippen LogP) is 0.325. The second kappa shape index (κ2) is 4.40. The van der Waals surface area contributed by atoms with Crippen LogP contribution in [-0.2, 0) is 13.0 Å². The molecule has 2 heterocycles. The maximum Gasteiger partial charge on any atom is 0.226 e. The van der Waals surface area contributed by atoms with Crippen LogP contribution in [-0.4, -0.2) is 30.2 Å². The van der Waals surface area contributed by atoms with Crippen molar-refractivity contribution >= 4 is 0 Å². The number of rotatable bonds is 4. The normalized spacial score (nSPS) is 12.9. The quantitative estimate of drug-likeness (QED) is 0.803. The predicted molar refractivity (Wildman–Crippen MR) is 53.4 cm³/mol. The van der Waals surface area contributed by atoms with Crippen LogP contribution in [0.5, 0.6) is 0 Å². The number of hydrogen-bond donors (Lipinski definition) is 1. The van der Waals surface area contributed by atoms with Crippen LogP contribution in [0, 0.1) is 0 Å². The van der Waals surface area contributed by atoms with Crippen LogP contribution in [0.4, 0.5) is 0 Å². The second-order valence-electron chi connectivity index (χ2n) is 3.47. The van der Waals surface area contributed by atoms with Crippen molar-refractivity contribution in [2.75, 3.05) is 0 Å². The molecule has 1 unspecified atom stereocenters. The Hall–Kier alpha value is -1.76. The molecular formula is C9H13N5O2. The van der Waals surface area contributed by atoms with Gasteiger partial charge in [-0.25, -0.2) is 4.68 Å². The lowest BCUT2D eigenvalue weighted by Crippen LogP contribution is -2.02. The summed E-state index contributed by atoms with van der Waals surface area (Å²) in [6, 6.07) is 0. The van der Waals surface area contributed by atoms with E-state index in [1.165, 1.54) is 0 Å². The van der Waals surface area contributed by atoms with Gasteiger partial charge in [-0.2, -0.15) is 4.98 Å². The SMILES string of the molecule is CCc1nc(Cn2cc(C(C)O)nn2)no1. The maximum absolute atomic E-state index is 9.28. The van der Waals surface area contributed by atoms with Crippen molar-refractivity contribution in [2.45, 2.75) is 32.9 Å². The van der Waals surface area contributed by atoms with Crippen LogP contribution in [0.3, 0.4) is 0 Å². The van der Waals surface area contributed by atoms with E-state index in [0.717, 1.165) is 0 Å². The second-order valence-corrected chi connectivity index (χ2v) is 3.47. The summed E-state index contributed by atoms with van der Waals surface area (Å²) in [5.74, 6) is 1.16. The van der Waals surface area contributed by atoms with Gasteiger partial charge in [-0.1, -0.05) is 17.3 Å². The zero-order valence-electron chi connectivity index (χ0n) is 9.16. The first kappa shape index (κ1) is 10.7. The third-order valence-electron chi connectivity index (χ3n) is 2.10. The molecule has 0 amide bonds. The van der Waals surface area contributed by atoms with Gasteiger partial charge in [-0.15, -0.1) is 5.10 Å². The Morgan fingerprint density at radius 1 is 1.56 bits per heavy atom. The molecule has 0 fully saturated rings. The molecule has 7 heteroatoms. The molecule has 16 heavy (non-hydrogen) atoms. The van der Waals surface area contributed by atoms with Gasteiger partial charge in [0.05, 0.1) is 12.3 Å². The molecule has 0 aliphatic heterocycles. The Morgan fingerprint density at radius 2 is 2.38 bits per heavy atom. The van der Waals surface area contributed by atoms with Crippen molar-refractivity contribution in [2.24, 2.45) is 0 Å². The Labute approximate surface area is 92.1 Å². The number of aryl methyl sites for hydroxylation is 1. The summed E-state index contributed by atoms with van der Waals surface area (Å²) in [5.41, 5.74) is 0.527. The number of aliphatic hydroxyl groups is 1. The topological polar surface area (TPSA) is 89.9 Å². The summed E-state index contributed by atoms with van der Waals surface area (Å²) in [5, 5.41) is 20.7. The van der Waals surface area contributed by atoms with E-state index < -0.39 is 6.10 Å². The molecule has 0 aromatic carbocycles. The van der Waals surface area contributed by atoms with Crippen LogP contribution in [0.2, 0.25) is 0 Å². The van der Waals surface area contributed by atoms with Crippen molar-refractivity contribution < 1.29 is 9.63 Å². The highest BCUT2D eigenvalue weighted by molar-refractivity contribution is 4.97. The van der Waals surface area contributed by atoms with Crippen molar-refractivity contribution in [1.29, 1.82) is 0 Å². The van der Waals surface area contributed by atoms with Crippen molar-refractivity contribution in [3.05, 3.63) is 23.6 Å². The Morgan fingerprint density at radius 3 is 2.94 bits per heavy atom. The third-order valence-corrected chi connectivity index (χ3v) is 2.10. The highest BCUT2D eigenvalue weighted by Crippen LogP contribution is 2.07. The first-order valence-corrected chi connectivity index (χ1v) is 5.08. The van der Waals surface area contributed by atoms with Crippen molar-refractivity contribution in [1.82, 2.24) is 25.1 Å². The van der Waals surface area contributed by atoms with Gasteiger partial charge in [0.2, 0.25) is 5.89 Å². The van der Waals surface area contributed by atoms with E-state index in [1.54, 1.807) is 17.8 Å². The number of nitrogens with zero attached hydrogens (tertiary/aromatic N) is 5. The molecule has 2 rings (SSSR count). The van der Waals surface area contributed by atoms with Gasteiger partial charge in [-0.3, -0.25) is 0 Å². The van der Waals surface area contributed by atoms with Gasteiger partial charge >= 0.3 is 0 Å². The van der Waals surface area contributed by atoms with E-state index in [1.807, 2.05) is 6.92 Å². The summed E-state index contributed by atoms with van der Waals surface area (Å²) in [7, 11) is 0. The highest BCUT2D eigenvalue weighted by Gasteiger charge is 2.09. The van der Waals surface area contributed by atoms with Crippen LogP contribution in [0.15, 0.2) is 10.7 Å². The summed E-state index contributed by atoms with van der Waals surface area (Å²) >= 11 is 0. The number of aliphatic hydroxyl groups excluding tert-OH is 1. The molecule has 2 aromatic rings. The highest BCUT2D eigenvalue weighted by atomic mass is 16.5. The standard InChI is InChI=1S/C9H13N5O2/c1-3-9-10-8(12-16-9)5-14-4-7(6(2)15)11-13-14/h4,6,15H,3,5H2,1-2H3. The van der Waals surface area contributed by atoms with Gasteiger partial charge in [0.1, 0.15) is 12.2 Å². The lowest BCUT2D eigenvalue weighted by Gasteiger charge is -1.95. The maximum atomic E-state index is 9.28. The van der Waals surface area contributed by atoms with E-state index in [2.05, 4.69) is 20.5 Å². The summed E-state index contributed by atoms with van der Waals surface area (Å²) in [6.45, 7) is 3.97. The molecule has 1 N–H and O–H groups in total. The van der Waals surface area contributed by atoms with Crippen LogP contribution >= 0.6 is 0 Å². The molecule has 0 aliphatic carbocycles. The Bertz CT molecular complexity index is 462. The van der Waals surface area contributed by atoms with Crippen LogP contribution < -0.4 is 0 Å². The van der Waals surface area contributed by atoms with Gasteiger partial charge in [0, 0.05) is 6.42 Å². The number of hydrogen-bond acceptors (Lipinski definition) is 6. The molecule has 0 radical (unpaired) electrons. The molecule has 0 spiro atoms. The lowest BCUT2D eigenvalue weighted by atomic mass is 10.3. The molecule has 0 bridgehead atoms. The van der Waals surface area contributed by atoms with Crippen molar-refractivity contribution in [3.63, 3.8) is 0 Å². The van der Waals surface area contributed by atoms with E-state index in [4.69, 9.17) is 4.52 Å². The average Bonchev–Trinajstić information content (AvgIpc) is 2.87. The summed E-state index contributed by atoms with van der Waals surface area (Å²) < 4.78 is 6.53. The molecule has 0 saturated carbocycles. The van der Waals surface area contributed by atoms with Gasteiger partial charge in [0.15, 0.2) is 5.82 Å². The van der Waals surface area contributed by atoms with E-state index in [0.29, 0.717) is 30.4 Å². The Kier molecular flexibility index (Phi) is 2.95. The van der Waals surface area contributed by atoms with E-state index in [-0.39, 0.29) is 0 Å². The minimum atomic E-state index is -0.620. The first-order chi connectivity index (χ1) is 7.69.